The van der Waals surface area contributed by atoms with E-state index in [4.69, 9.17) is 39.3 Å². The lowest BCUT2D eigenvalue weighted by atomic mass is 9.82. The normalized spacial score (nSPS) is 16.1. The molecule has 1 saturated heterocycles. The van der Waals surface area contributed by atoms with Gasteiger partial charge in [0.15, 0.2) is 10.7 Å². The summed E-state index contributed by atoms with van der Waals surface area (Å²) in [4.78, 5) is 24.5. The molecule has 0 aliphatic carbocycles. The SMILES string of the molecule is CN(C)C1(c2onc(-c3c(Cl)cc(Cl)cc3Cl)c2C(=O)O)CCN(S(=O)(=O)c2ccccc2[N+](=O)[O-])CC1. The molecule has 38 heavy (non-hydrogen) atoms. The molecule has 1 aliphatic rings. The molecule has 1 aliphatic heterocycles. The van der Waals surface area contributed by atoms with E-state index in [-0.39, 0.29) is 63.6 Å². The van der Waals surface area contributed by atoms with E-state index in [1.54, 1.807) is 19.0 Å². The van der Waals surface area contributed by atoms with Gasteiger partial charge < -0.3 is 9.63 Å². The first kappa shape index (κ1) is 28.3. The molecule has 2 aromatic carbocycles. The van der Waals surface area contributed by atoms with Crippen molar-refractivity contribution in [2.24, 2.45) is 0 Å². The lowest BCUT2D eigenvalue weighted by Crippen LogP contribution is -2.52. The van der Waals surface area contributed by atoms with Gasteiger partial charge in [0.25, 0.3) is 5.69 Å². The lowest BCUT2D eigenvalue weighted by molar-refractivity contribution is -0.387. The number of para-hydroxylation sites is 1. The van der Waals surface area contributed by atoms with E-state index in [0.29, 0.717) is 0 Å². The number of carboxylic acids is 1. The van der Waals surface area contributed by atoms with E-state index < -0.39 is 37.0 Å². The number of aromatic nitrogens is 1. The molecule has 0 spiro atoms. The molecule has 2 heterocycles. The van der Waals surface area contributed by atoms with E-state index in [9.17, 15) is 28.4 Å². The third-order valence-electron chi connectivity index (χ3n) is 6.66. The predicted molar refractivity (Wildman–Crippen MR) is 140 cm³/mol. The largest absolute Gasteiger partial charge is 0.477 e. The first-order chi connectivity index (χ1) is 17.8. The molecule has 0 amide bonds. The number of aromatic carboxylic acids is 1. The van der Waals surface area contributed by atoms with Crippen LogP contribution in [0, 0.1) is 10.1 Å². The number of hydrogen-bond acceptors (Lipinski definition) is 8. The molecule has 0 radical (unpaired) electrons. The minimum Gasteiger partial charge on any atom is -0.477 e. The van der Waals surface area contributed by atoms with Gasteiger partial charge in [-0.25, -0.2) is 13.2 Å². The predicted octanol–water partition coefficient (Wildman–Crippen LogP) is 5.15. The number of nitro benzene ring substituents is 1. The zero-order valence-electron chi connectivity index (χ0n) is 20.0. The van der Waals surface area contributed by atoms with E-state index in [1.165, 1.54) is 30.3 Å². The van der Waals surface area contributed by atoms with E-state index in [1.807, 2.05) is 0 Å². The second kappa shape index (κ2) is 10.4. The van der Waals surface area contributed by atoms with Crippen molar-refractivity contribution in [3.05, 3.63) is 72.9 Å². The minimum atomic E-state index is -4.21. The molecule has 0 unspecified atom stereocenters. The summed E-state index contributed by atoms with van der Waals surface area (Å²) in [7, 11) is -0.791. The highest BCUT2D eigenvalue weighted by Crippen LogP contribution is 2.45. The van der Waals surface area contributed by atoms with Crippen molar-refractivity contribution in [3.63, 3.8) is 0 Å². The molecule has 0 atom stereocenters. The molecule has 202 valence electrons. The van der Waals surface area contributed by atoms with Crippen LogP contribution in [0.25, 0.3) is 11.3 Å². The molecule has 3 aromatic rings. The fourth-order valence-electron chi connectivity index (χ4n) is 4.68. The Morgan fingerprint density at radius 1 is 1.16 bits per heavy atom. The molecular weight excluding hydrogens is 583 g/mol. The number of nitrogens with zero attached hydrogens (tertiary/aromatic N) is 4. The molecule has 4 rings (SSSR count). The van der Waals surface area contributed by atoms with Crippen molar-refractivity contribution in [2.75, 3.05) is 27.2 Å². The van der Waals surface area contributed by atoms with Crippen molar-refractivity contribution in [1.82, 2.24) is 14.4 Å². The van der Waals surface area contributed by atoms with E-state index in [0.717, 1.165) is 10.4 Å². The summed E-state index contributed by atoms with van der Waals surface area (Å²) in [5, 5.41) is 26.0. The molecule has 1 N–H and O–H groups in total. The maximum absolute atomic E-state index is 13.3. The Morgan fingerprint density at radius 2 is 1.74 bits per heavy atom. The van der Waals surface area contributed by atoms with Crippen LogP contribution in [0.2, 0.25) is 15.1 Å². The minimum absolute atomic E-state index is 0.00910. The third kappa shape index (κ3) is 4.76. The van der Waals surface area contributed by atoms with Gasteiger partial charge in [-0.1, -0.05) is 52.1 Å². The monoisotopic (exact) mass is 602 g/mol. The fourth-order valence-corrected chi connectivity index (χ4v) is 7.28. The highest BCUT2D eigenvalue weighted by molar-refractivity contribution is 7.89. The number of nitro groups is 1. The number of sulfonamides is 1. The topological polar surface area (TPSA) is 147 Å². The van der Waals surface area contributed by atoms with Crippen LogP contribution in [-0.4, -0.2) is 66.0 Å². The Labute approximate surface area is 232 Å². The summed E-state index contributed by atoms with van der Waals surface area (Å²) in [5.41, 5.74) is -1.81. The highest BCUT2D eigenvalue weighted by Gasteiger charge is 2.48. The van der Waals surface area contributed by atoms with Crippen LogP contribution in [0.3, 0.4) is 0 Å². The van der Waals surface area contributed by atoms with Crippen molar-refractivity contribution in [3.8, 4) is 11.3 Å². The Kier molecular flexibility index (Phi) is 7.77. The summed E-state index contributed by atoms with van der Waals surface area (Å²) in [6, 6.07) is 7.92. The number of halogens is 3. The maximum atomic E-state index is 13.3. The zero-order chi connectivity index (χ0) is 28.0. The Morgan fingerprint density at radius 3 is 2.26 bits per heavy atom. The van der Waals surface area contributed by atoms with Crippen LogP contribution in [0.15, 0.2) is 45.8 Å². The number of carbonyl (C=O) groups is 1. The highest BCUT2D eigenvalue weighted by atomic mass is 35.5. The van der Waals surface area contributed by atoms with Crippen LogP contribution in [0.4, 0.5) is 5.69 Å². The van der Waals surface area contributed by atoms with Gasteiger partial charge in [-0.2, -0.15) is 4.31 Å². The first-order valence-corrected chi connectivity index (χ1v) is 13.7. The molecule has 1 aromatic heterocycles. The van der Waals surface area contributed by atoms with Crippen LogP contribution in [-0.2, 0) is 15.6 Å². The average Bonchev–Trinajstić information content (AvgIpc) is 3.28. The molecule has 0 bridgehead atoms. The summed E-state index contributed by atoms with van der Waals surface area (Å²) >= 11 is 18.6. The first-order valence-electron chi connectivity index (χ1n) is 11.1. The molecule has 1 fully saturated rings. The molecule has 0 saturated carbocycles. The second-order valence-electron chi connectivity index (χ2n) is 8.84. The molecule has 15 heteroatoms. The second-order valence-corrected chi connectivity index (χ2v) is 12.0. The number of piperidine rings is 1. The van der Waals surface area contributed by atoms with Gasteiger partial charge in [0, 0.05) is 29.7 Å². The third-order valence-corrected chi connectivity index (χ3v) is 9.42. The van der Waals surface area contributed by atoms with Crippen molar-refractivity contribution in [1.29, 1.82) is 0 Å². The average molecular weight is 604 g/mol. The number of benzene rings is 2. The van der Waals surface area contributed by atoms with Gasteiger partial charge in [-0.3, -0.25) is 15.0 Å². The van der Waals surface area contributed by atoms with Crippen LogP contribution in [0.1, 0.15) is 29.0 Å². The van der Waals surface area contributed by atoms with Crippen LogP contribution < -0.4 is 0 Å². The number of carboxylic acid groups (broad SMARTS) is 1. The van der Waals surface area contributed by atoms with Gasteiger partial charge in [-0.15, -0.1) is 0 Å². The molecule has 11 nitrogen and oxygen atoms in total. The Bertz CT molecular complexity index is 1510. The van der Waals surface area contributed by atoms with Crippen LogP contribution >= 0.6 is 34.8 Å². The standard InChI is InChI=1S/C23H21Cl3N4O7S/c1-28(2)23(7-9-29(10-8-23)38(35,36)17-6-4-3-5-16(17)30(33)34)21-19(22(31)32)20(27-37-21)18-14(25)11-13(24)12-15(18)26/h3-6,11-12H,7-10H2,1-2H3,(H,31,32). The van der Waals surface area contributed by atoms with Crippen LogP contribution in [0.5, 0.6) is 0 Å². The summed E-state index contributed by atoms with van der Waals surface area (Å²) < 4.78 is 33.4. The quantitative estimate of drug-likeness (QED) is 0.286. The van der Waals surface area contributed by atoms with Gasteiger partial charge in [0.2, 0.25) is 10.0 Å². The molecular formula is C23H21Cl3N4O7S. The van der Waals surface area contributed by atoms with E-state index in [2.05, 4.69) is 5.16 Å². The Hall–Kier alpha value is -2.74. The summed E-state index contributed by atoms with van der Waals surface area (Å²) in [6.45, 7) is -0.131. The number of rotatable bonds is 7. The van der Waals surface area contributed by atoms with Gasteiger partial charge in [-0.05, 0) is 45.1 Å². The van der Waals surface area contributed by atoms with Gasteiger partial charge in [0.1, 0.15) is 11.3 Å². The van der Waals surface area contributed by atoms with Crippen molar-refractivity contribution < 1.29 is 27.8 Å². The lowest BCUT2D eigenvalue weighted by Gasteiger charge is -2.44. The van der Waals surface area contributed by atoms with Crippen molar-refractivity contribution >= 4 is 56.5 Å². The number of hydrogen-bond donors (Lipinski definition) is 1. The summed E-state index contributed by atoms with van der Waals surface area (Å²) in [6.07, 6.45) is 0.216. The zero-order valence-corrected chi connectivity index (χ0v) is 23.1. The maximum Gasteiger partial charge on any atom is 0.341 e. The van der Waals surface area contributed by atoms with Crippen molar-refractivity contribution in [2.45, 2.75) is 23.3 Å². The van der Waals surface area contributed by atoms with Gasteiger partial charge >= 0.3 is 5.97 Å². The summed E-state index contributed by atoms with van der Waals surface area (Å²) in [5.74, 6) is -1.33. The fraction of sp³-hybridized carbons (Fsp3) is 0.304. The smallest absolute Gasteiger partial charge is 0.341 e. The Balaban J connectivity index is 1.76. The van der Waals surface area contributed by atoms with Gasteiger partial charge in [0.05, 0.1) is 20.5 Å². The van der Waals surface area contributed by atoms with E-state index >= 15 is 0 Å².